The van der Waals surface area contributed by atoms with Crippen LogP contribution in [0.25, 0.3) is 0 Å². The minimum Gasteiger partial charge on any atom is -0.495 e. The molecular formula is C11H15ClO2. The molecule has 0 saturated heterocycles. The molecule has 1 rings (SSSR count). The zero-order chi connectivity index (χ0) is 10.7. The van der Waals surface area contributed by atoms with E-state index in [0.717, 1.165) is 11.1 Å². The lowest BCUT2D eigenvalue weighted by Crippen LogP contribution is -2.01. The van der Waals surface area contributed by atoms with Crippen molar-refractivity contribution >= 4 is 11.6 Å². The lowest BCUT2D eigenvalue weighted by molar-refractivity contribution is 0.273. The highest BCUT2D eigenvalue weighted by atomic mass is 35.5. The normalized spacial score (nSPS) is 12.6. The average molecular weight is 215 g/mol. The van der Waals surface area contributed by atoms with Gasteiger partial charge in [-0.3, -0.25) is 0 Å². The molecule has 0 amide bonds. The van der Waals surface area contributed by atoms with Crippen LogP contribution in [-0.2, 0) is 0 Å². The number of hydrogen-bond donors (Lipinski definition) is 1. The Morgan fingerprint density at radius 2 is 2.14 bits per heavy atom. The Kier molecular flexibility index (Phi) is 3.78. The lowest BCUT2D eigenvalue weighted by Gasteiger charge is -2.14. The van der Waals surface area contributed by atoms with E-state index in [9.17, 15) is 0 Å². The molecule has 78 valence electrons. The van der Waals surface area contributed by atoms with Crippen LogP contribution in [-0.4, -0.2) is 18.8 Å². The highest BCUT2D eigenvalue weighted by Crippen LogP contribution is 2.33. The van der Waals surface area contributed by atoms with E-state index in [4.69, 9.17) is 21.4 Å². The number of aliphatic hydroxyl groups excluding tert-OH is 1. The summed E-state index contributed by atoms with van der Waals surface area (Å²) >= 11 is 6.12. The zero-order valence-electron chi connectivity index (χ0n) is 8.67. The van der Waals surface area contributed by atoms with Gasteiger partial charge in [0.25, 0.3) is 0 Å². The summed E-state index contributed by atoms with van der Waals surface area (Å²) in [5.74, 6) is 0.707. The second-order valence-corrected chi connectivity index (χ2v) is 3.83. The van der Waals surface area contributed by atoms with Crippen molar-refractivity contribution in [2.24, 2.45) is 0 Å². The highest BCUT2D eigenvalue weighted by molar-refractivity contribution is 6.32. The molecule has 0 spiro atoms. The monoisotopic (exact) mass is 214 g/mol. The van der Waals surface area contributed by atoms with Crippen molar-refractivity contribution in [1.82, 2.24) is 0 Å². The van der Waals surface area contributed by atoms with Crippen LogP contribution in [0.2, 0.25) is 5.02 Å². The molecule has 1 aromatic rings. The Morgan fingerprint density at radius 3 is 2.64 bits per heavy atom. The second kappa shape index (κ2) is 4.67. The number of ether oxygens (including phenoxy) is 1. The first kappa shape index (κ1) is 11.3. The first-order valence-corrected chi connectivity index (χ1v) is 4.92. The maximum absolute atomic E-state index is 9.07. The van der Waals surface area contributed by atoms with Crippen LogP contribution in [0.1, 0.15) is 24.0 Å². The molecule has 0 aliphatic heterocycles. The van der Waals surface area contributed by atoms with E-state index >= 15 is 0 Å². The van der Waals surface area contributed by atoms with E-state index in [1.165, 1.54) is 0 Å². The number of benzene rings is 1. The van der Waals surface area contributed by atoms with Crippen LogP contribution in [0.15, 0.2) is 12.1 Å². The lowest BCUT2D eigenvalue weighted by atomic mass is 9.99. The van der Waals surface area contributed by atoms with E-state index in [0.29, 0.717) is 10.8 Å². The van der Waals surface area contributed by atoms with Gasteiger partial charge >= 0.3 is 0 Å². The third-order valence-electron chi connectivity index (χ3n) is 2.24. The van der Waals surface area contributed by atoms with Gasteiger partial charge in [0.1, 0.15) is 5.75 Å². The molecule has 1 unspecified atom stereocenters. The van der Waals surface area contributed by atoms with Crippen LogP contribution in [0, 0.1) is 6.92 Å². The molecule has 0 radical (unpaired) electrons. The minimum absolute atomic E-state index is 0.0382. The van der Waals surface area contributed by atoms with Crippen molar-refractivity contribution in [1.29, 1.82) is 0 Å². The van der Waals surface area contributed by atoms with Crippen LogP contribution in [0.4, 0.5) is 0 Å². The second-order valence-electron chi connectivity index (χ2n) is 3.45. The van der Waals surface area contributed by atoms with E-state index < -0.39 is 0 Å². The van der Waals surface area contributed by atoms with Gasteiger partial charge in [-0.25, -0.2) is 0 Å². The maximum Gasteiger partial charge on any atom is 0.138 e. The van der Waals surface area contributed by atoms with Crippen molar-refractivity contribution < 1.29 is 9.84 Å². The number of halogens is 1. The standard InChI is InChI=1S/C11H15ClO2/c1-7-4-9(8(2)6-13)11(12)10(5-7)14-3/h4-5,8,13H,6H2,1-3H3. The summed E-state index contributed by atoms with van der Waals surface area (Å²) in [6.45, 7) is 4.00. The summed E-state index contributed by atoms with van der Waals surface area (Å²) in [6, 6.07) is 3.86. The summed E-state index contributed by atoms with van der Waals surface area (Å²) < 4.78 is 5.15. The molecule has 2 nitrogen and oxygen atoms in total. The number of methoxy groups -OCH3 is 1. The Balaban J connectivity index is 3.21. The quantitative estimate of drug-likeness (QED) is 0.839. The third kappa shape index (κ3) is 2.20. The Bertz CT molecular complexity index is 323. The number of aryl methyl sites for hydroxylation is 1. The Labute approximate surface area is 89.5 Å². The van der Waals surface area contributed by atoms with E-state index in [-0.39, 0.29) is 12.5 Å². The molecule has 1 atom stereocenters. The van der Waals surface area contributed by atoms with E-state index in [2.05, 4.69) is 0 Å². The average Bonchev–Trinajstić information content (AvgIpc) is 2.19. The molecule has 1 N–H and O–H groups in total. The molecule has 0 heterocycles. The third-order valence-corrected chi connectivity index (χ3v) is 2.64. The van der Waals surface area contributed by atoms with Gasteiger partial charge in [0, 0.05) is 12.5 Å². The maximum atomic E-state index is 9.07. The number of hydrogen-bond acceptors (Lipinski definition) is 2. The van der Waals surface area contributed by atoms with Gasteiger partial charge in [-0.2, -0.15) is 0 Å². The molecule has 0 bridgehead atoms. The molecule has 0 aromatic heterocycles. The van der Waals surface area contributed by atoms with Gasteiger partial charge in [-0.1, -0.05) is 24.6 Å². The summed E-state index contributed by atoms with van der Waals surface area (Å²) in [7, 11) is 1.59. The SMILES string of the molecule is COc1cc(C)cc(C(C)CO)c1Cl. The van der Waals surface area contributed by atoms with Crippen LogP contribution in [0.5, 0.6) is 5.75 Å². The summed E-state index contributed by atoms with van der Waals surface area (Å²) in [5.41, 5.74) is 2.02. The molecule has 3 heteroatoms. The van der Waals surface area contributed by atoms with Crippen LogP contribution in [0.3, 0.4) is 0 Å². The molecular weight excluding hydrogens is 200 g/mol. The molecule has 0 aliphatic rings. The smallest absolute Gasteiger partial charge is 0.138 e. The summed E-state index contributed by atoms with van der Waals surface area (Å²) in [4.78, 5) is 0. The Morgan fingerprint density at radius 1 is 1.50 bits per heavy atom. The van der Waals surface area contributed by atoms with Gasteiger partial charge in [-0.05, 0) is 24.1 Å². The van der Waals surface area contributed by atoms with Gasteiger partial charge in [-0.15, -0.1) is 0 Å². The van der Waals surface area contributed by atoms with Gasteiger partial charge in [0.15, 0.2) is 0 Å². The van der Waals surface area contributed by atoms with E-state index in [1.807, 2.05) is 26.0 Å². The first-order chi connectivity index (χ1) is 6.60. The minimum atomic E-state index is 0.0382. The molecule has 0 fully saturated rings. The largest absolute Gasteiger partial charge is 0.495 e. The van der Waals surface area contributed by atoms with Crippen LogP contribution >= 0.6 is 11.6 Å². The molecule has 14 heavy (non-hydrogen) atoms. The fourth-order valence-electron chi connectivity index (χ4n) is 1.37. The zero-order valence-corrected chi connectivity index (χ0v) is 9.43. The van der Waals surface area contributed by atoms with E-state index in [1.54, 1.807) is 7.11 Å². The number of aliphatic hydroxyl groups is 1. The number of rotatable bonds is 3. The summed E-state index contributed by atoms with van der Waals surface area (Å²) in [6.07, 6.45) is 0. The van der Waals surface area contributed by atoms with Gasteiger partial charge in [0.05, 0.1) is 12.1 Å². The van der Waals surface area contributed by atoms with Crippen molar-refractivity contribution in [3.63, 3.8) is 0 Å². The predicted molar refractivity (Wildman–Crippen MR) is 58.2 cm³/mol. The molecule has 0 aliphatic carbocycles. The molecule has 0 saturated carbocycles. The Hall–Kier alpha value is -0.730. The predicted octanol–water partition coefficient (Wildman–Crippen LogP) is 2.75. The highest BCUT2D eigenvalue weighted by Gasteiger charge is 2.13. The van der Waals surface area contributed by atoms with Crippen molar-refractivity contribution in [3.8, 4) is 5.75 Å². The van der Waals surface area contributed by atoms with Crippen molar-refractivity contribution in [3.05, 3.63) is 28.3 Å². The summed E-state index contributed by atoms with van der Waals surface area (Å²) in [5, 5.41) is 9.66. The van der Waals surface area contributed by atoms with Gasteiger partial charge in [0.2, 0.25) is 0 Å². The molecule has 1 aromatic carbocycles. The first-order valence-electron chi connectivity index (χ1n) is 4.55. The fourth-order valence-corrected chi connectivity index (χ4v) is 1.74. The van der Waals surface area contributed by atoms with Gasteiger partial charge < -0.3 is 9.84 Å². The van der Waals surface area contributed by atoms with Crippen molar-refractivity contribution in [2.75, 3.05) is 13.7 Å². The topological polar surface area (TPSA) is 29.5 Å². The van der Waals surface area contributed by atoms with Crippen molar-refractivity contribution in [2.45, 2.75) is 19.8 Å². The van der Waals surface area contributed by atoms with Crippen LogP contribution < -0.4 is 4.74 Å². The fraction of sp³-hybridized carbons (Fsp3) is 0.455.